The summed E-state index contributed by atoms with van der Waals surface area (Å²) in [5.74, 6) is -0.261. The van der Waals surface area contributed by atoms with Crippen molar-refractivity contribution in [3.05, 3.63) is 65.2 Å². The van der Waals surface area contributed by atoms with Crippen molar-refractivity contribution < 1.29 is 14.6 Å². The summed E-state index contributed by atoms with van der Waals surface area (Å²) in [6, 6.07) is 15.4. The molecule has 0 saturated heterocycles. The van der Waals surface area contributed by atoms with Crippen molar-refractivity contribution in [1.29, 1.82) is 0 Å². The van der Waals surface area contributed by atoms with Gasteiger partial charge in [0.05, 0.1) is 0 Å². The van der Waals surface area contributed by atoms with Gasteiger partial charge in [0.2, 0.25) is 0 Å². The maximum Gasteiger partial charge on any atom is 0.329 e. The van der Waals surface area contributed by atoms with E-state index in [-0.39, 0.29) is 0 Å². The molecule has 114 valence electrons. The fourth-order valence-corrected chi connectivity index (χ4v) is 3.24. The highest BCUT2D eigenvalue weighted by Crippen LogP contribution is 2.44. The van der Waals surface area contributed by atoms with Gasteiger partial charge in [0.15, 0.2) is 4.87 Å². The zero-order valence-corrected chi connectivity index (χ0v) is 12.8. The minimum Gasteiger partial charge on any atom is -0.489 e. The molecule has 0 saturated carbocycles. The van der Waals surface area contributed by atoms with E-state index in [9.17, 15) is 9.90 Å². The van der Waals surface area contributed by atoms with Crippen LogP contribution >= 0.6 is 11.6 Å². The van der Waals surface area contributed by atoms with Crippen LogP contribution in [0.2, 0.25) is 0 Å². The lowest BCUT2D eigenvalue weighted by molar-refractivity contribution is -0.140. The first-order valence-corrected chi connectivity index (χ1v) is 7.70. The van der Waals surface area contributed by atoms with Crippen LogP contribution in [0, 0.1) is 0 Å². The molecular weight excluding hydrogens is 300 g/mol. The number of carboxylic acids is 1. The number of carbonyl (C=O) groups is 1. The van der Waals surface area contributed by atoms with Gasteiger partial charge in [-0.15, -0.1) is 11.6 Å². The standard InChI is InChI=1S/C18H17ClO3/c19-18(17(20)21)11-5-8-14-15(18)9-4-10-16(14)22-12-13-6-2-1-3-7-13/h1-4,6-7,9-10H,5,8,11-12H2,(H,20,21)/t18-/m0/s1. The smallest absolute Gasteiger partial charge is 0.329 e. The number of alkyl halides is 1. The molecule has 1 aliphatic rings. The lowest BCUT2D eigenvalue weighted by Crippen LogP contribution is -2.33. The second kappa shape index (κ2) is 6.01. The van der Waals surface area contributed by atoms with E-state index >= 15 is 0 Å². The normalized spacial score (nSPS) is 20.2. The summed E-state index contributed by atoms with van der Waals surface area (Å²) >= 11 is 6.37. The summed E-state index contributed by atoms with van der Waals surface area (Å²) in [5, 5.41) is 9.47. The number of hydrogen-bond donors (Lipinski definition) is 1. The van der Waals surface area contributed by atoms with Crippen LogP contribution in [0.1, 0.15) is 29.5 Å². The summed E-state index contributed by atoms with van der Waals surface area (Å²) in [7, 11) is 0. The van der Waals surface area contributed by atoms with Gasteiger partial charge in [-0.1, -0.05) is 42.5 Å². The monoisotopic (exact) mass is 316 g/mol. The summed E-state index contributed by atoms with van der Waals surface area (Å²) in [6.07, 6.45) is 1.98. The molecule has 0 bridgehead atoms. The average molecular weight is 317 g/mol. The van der Waals surface area contributed by atoms with Gasteiger partial charge in [0, 0.05) is 0 Å². The van der Waals surface area contributed by atoms with E-state index in [2.05, 4.69) is 0 Å². The number of carboxylic acid groups (broad SMARTS) is 1. The number of aliphatic carboxylic acids is 1. The fourth-order valence-electron chi connectivity index (χ4n) is 2.93. The number of hydrogen-bond acceptors (Lipinski definition) is 2. The predicted octanol–water partition coefficient (Wildman–Crippen LogP) is 4.12. The van der Waals surface area contributed by atoms with Gasteiger partial charge in [0.25, 0.3) is 0 Å². The van der Waals surface area contributed by atoms with E-state index in [0.29, 0.717) is 18.6 Å². The number of rotatable bonds is 4. The van der Waals surface area contributed by atoms with E-state index in [4.69, 9.17) is 16.3 Å². The minimum atomic E-state index is -1.33. The van der Waals surface area contributed by atoms with Crippen molar-refractivity contribution in [3.8, 4) is 5.75 Å². The first-order chi connectivity index (χ1) is 10.6. The molecule has 0 radical (unpaired) electrons. The Balaban J connectivity index is 1.90. The van der Waals surface area contributed by atoms with Crippen LogP contribution in [0.15, 0.2) is 48.5 Å². The number of benzene rings is 2. The van der Waals surface area contributed by atoms with E-state index in [1.807, 2.05) is 42.5 Å². The molecular formula is C18H17ClO3. The molecule has 3 nitrogen and oxygen atoms in total. The van der Waals surface area contributed by atoms with E-state index in [1.165, 1.54) is 0 Å². The Bertz CT molecular complexity index is 684. The SMILES string of the molecule is O=C(O)[C@]1(Cl)CCCc2c(OCc3ccccc3)cccc21. The molecule has 2 aromatic carbocycles. The third-order valence-electron chi connectivity index (χ3n) is 4.08. The Labute approximate surface area is 134 Å². The quantitative estimate of drug-likeness (QED) is 0.863. The predicted molar refractivity (Wildman–Crippen MR) is 85.3 cm³/mol. The van der Waals surface area contributed by atoms with Crippen LogP contribution in [0.3, 0.4) is 0 Å². The van der Waals surface area contributed by atoms with E-state index in [0.717, 1.165) is 29.7 Å². The Morgan fingerprint density at radius 2 is 1.95 bits per heavy atom. The van der Waals surface area contributed by atoms with Crippen LogP contribution in [0.4, 0.5) is 0 Å². The molecule has 3 rings (SSSR count). The Hall–Kier alpha value is -2.00. The van der Waals surface area contributed by atoms with Crippen molar-refractivity contribution in [2.24, 2.45) is 0 Å². The Morgan fingerprint density at radius 1 is 1.18 bits per heavy atom. The summed E-state index contributed by atoms with van der Waals surface area (Å²) in [5.41, 5.74) is 2.66. The van der Waals surface area contributed by atoms with Crippen molar-refractivity contribution in [2.45, 2.75) is 30.7 Å². The average Bonchev–Trinajstić information content (AvgIpc) is 2.54. The largest absolute Gasteiger partial charge is 0.489 e. The van der Waals surface area contributed by atoms with Crippen molar-refractivity contribution in [3.63, 3.8) is 0 Å². The van der Waals surface area contributed by atoms with Crippen molar-refractivity contribution in [1.82, 2.24) is 0 Å². The Morgan fingerprint density at radius 3 is 2.68 bits per heavy atom. The third kappa shape index (κ3) is 2.69. The van der Waals surface area contributed by atoms with Crippen molar-refractivity contribution in [2.75, 3.05) is 0 Å². The molecule has 22 heavy (non-hydrogen) atoms. The highest BCUT2D eigenvalue weighted by atomic mass is 35.5. The van der Waals surface area contributed by atoms with Gasteiger partial charge in [-0.05, 0) is 42.0 Å². The zero-order chi connectivity index (χ0) is 15.6. The second-order valence-corrected chi connectivity index (χ2v) is 6.16. The lowest BCUT2D eigenvalue weighted by Gasteiger charge is -2.31. The van der Waals surface area contributed by atoms with Crippen LogP contribution in [0.25, 0.3) is 0 Å². The molecule has 0 aromatic heterocycles. The highest BCUT2D eigenvalue weighted by Gasteiger charge is 2.42. The molecule has 4 heteroatoms. The molecule has 1 atom stereocenters. The van der Waals surface area contributed by atoms with Gasteiger partial charge in [0.1, 0.15) is 12.4 Å². The van der Waals surface area contributed by atoms with Crippen LogP contribution < -0.4 is 4.74 Å². The molecule has 0 heterocycles. The first-order valence-electron chi connectivity index (χ1n) is 7.32. The Kier molecular flexibility index (Phi) is 4.08. The fraction of sp³-hybridized carbons (Fsp3) is 0.278. The molecule has 0 fully saturated rings. The van der Waals surface area contributed by atoms with Gasteiger partial charge < -0.3 is 9.84 Å². The lowest BCUT2D eigenvalue weighted by atomic mass is 9.81. The van der Waals surface area contributed by atoms with Gasteiger partial charge >= 0.3 is 5.97 Å². The molecule has 2 aromatic rings. The van der Waals surface area contributed by atoms with E-state index in [1.54, 1.807) is 6.07 Å². The third-order valence-corrected chi connectivity index (χ3v) is 4.64. The molecule has 1 aliphatic carbocycles. The van der Waals surface area contributed by atoms with Gasteiger partial charge in [-0.25, -0.2) is 4.79 Å². The van der Waals surface area contributed by atoms with Crippen LogP contribution in [-0.4, -0.2) is 11.1 Å². The minimum absolute atomic E-state index is 0.443. The van der Waals surface area contributed by atoms with Gasteiger partial charge in [-0.3, -0.25) is 0 Å². The maximum atomic E-state index is 11.6. The van der Waals surface area contributed by atoms with Crippen molar-refractivity contribution >= 4 is 17.6 Å². The van der Waals surface area contributed by atoms with E-state index < -0.39 is 10.8 Å². The maximum absolute atomic E-state index is 11.6. The number of fused-ring (bicyclic) bond motifs is 1. The molecule has 0 aliphatic heterocycles. The summed E-state index contributed by atoms with van der Waals surface area (Å²) in [6.45, 7) is 0.458. The molecule has 0 unspecified atom stereocenters. The van der Waals surface area contributed by atoms with Crippen LogP contribution in [0.5, 0.6) is 5.75 Å². The topological polar surface area (TPSA) is 46.5 Å². The second-order valence-electron chi connectivity index (χ2n) is 5.52. The van der Waals surface area contributed by atoms with Gasteiger partial charge in [-0.2, -0.15) is 0 Å². The molecule has 1 N–H and O–H groups in total. The van der Waals surface area contributed by atoms with Crippen LogP contribution in [-0.2, 0) is 22.7 Å². The number of halogens is 1. The zero-order valence-electron chi connectivity index (χ0n) is 12.1. The summed E-state index contributed by atoms with van der Waals surface area (Å²) < 4.78 is 5.91. The first kappa shape index (κ1) is 14.9. The molecule has 0 amide bonds. The number of ether oxygens (including phenoxy) is 1. The highest BCUT2D eigenvalue weighted by molar-refractivity contribution is 6.33. The summed E-state index contributed by atoms with van der Waals surface area (Å²) in [4.78, 5) is 10.2. The molecule has 0 spiro atoms.